The number of nitrogens with zero attached hydrogens (tertiary/aromatic N) is 2. The van der Waals surface area contributed by atoms with Crippen LogP contribution in [0.5, 0.6) is 5.75 Å². The Bertz CT molecular complexity index is 1340. The van der Waals surface area contributed by atoms with E-state index in [4.69, 9.17) is 27.9 Å². The molecule has 0 radical (unpaired) electrons. The summed E-state index contributed by atoms with van der Waals surface area (Å²) < 4.78 is 32.4. The van der Waals surface area contributed by atoms with Crippen LogP contribution >= 0.6 is 23.2 Å². The summed E-state index contributed by atoms with van der Waals surface area (Å²) in [6, 6.07) is 16.4. The highest BCUT2D eigenvalue weighted by Crippen LogP contribution is 2.35. The lowest BCUT2D eigenvalue weighted by Crippen LogP contribution is -2.51. The number of hydrogen-bond donors (Lipinski definition) is 0. The molecule has 2 amide bonds. The van der Waals surface area contributed by atoms with Crippen LogP contribution in [0, 0.1) is 0 Å². The second-order valence-electron chi connectivity index (χ2n) is 7.25. The molecule has 7 nitrogen and oxygen atoms in total. The van der Waals surface area contributed by atoms with Gasteiger partial charge in [0.15, 0.2) is 5.78 Å². The Balaban J connectivity index is 1.71. The van der Waals surface area contributed by atoms with Crippen molar-refractivity contribution in [2.45, 2.75) is 11.4 Å². The summed E-state index contributed by atoms with van der Waals surface area (Å²) in [4.78, 5) is 27.4. The van der Waals surface area contributed by atoms with Gasteiger partial charge in [-0.2, -0.15) is 0 Å². The van der Waals surface area contributed by atoms with E-state index in [1.165, 1.54) is 37.4 Å². The Hall–Kier alpha value is -3.07. The maximum atomic E-state index is 13.4. The van der Waals surface area contributed by atoms with Gasteiger partial charge in [0.25, 0.3) is 10.0 Å². The highest BCUT2D eigenvalue weighted by atomic mass is 35.5. The summed E-state index contributed by atoms with van der Waals surface area (Å²) in [5.74, 6) is 0.186. The standard InChI is InChI=1S/C23H18Cl2N2O5S/c1-32-17-9-6-15(7-10-17)13-27-23(29)26(20-4-2-3-5-22(20)33(27,30)31)14-21(28)16-8-11-18(24)19(25)12-16/h2-12H,13-14H2,1H3. The van der Waals surface area contributed by atoms with Crippen LogP contribution < -0.4 is 9.64 Å². The van der Waals surface area contributed by atoms with Crippen LogP contribution in [0.4, 0.5) is 10.5 Å². The number of carbonyl (C=O) groups excluding carboxylic acids is 2. The predicted molar refractivity (Wildman–Crippen MR) is 126 cm³/mol. The number of urea groups is 1. The van der Waals surface area contributed by atoms with Crippen LogP contribution in [0.25, 0.3) is 0 Å². The SMILES string of the molecule is COc1ccc(CN2C(=O)N(CC(=O)c3ccc(Cl)c(Cl)c3)c3ccccc3S2(=O)=O)cc1. The third kappa shape index (κ3) is 4.42. The number of benzene rings is 3. The van der Waals surface area contributed by atoms with Gasteiger partial charge in [-0.1, -0.05) is 47.5 Å². The number of hydrogen-bond acceptors (Lipinski definition) is 5. The molecule has 0 spiro atoms. The van der Waals surface area contributed by atoms with Crippen molar-refractivity contribution in [1.82, 2.24) is 4.31 Å². The van der Waals surface area contributed by atoms with E-state index in [2.05, 4.69) is 0 Å². The van der Waals surface area contributed by atoms with Crippen molar-refractivity contribution in [2.75, 3.05) is 18.6 Å². The van der Waals surface area contributed by atoms with Crippen LogP contribution in [0.1, 0.15) is 15.9 Å². The first-order valence-electron chi connectivity index (χ1n) is 9.77. The van der Waals surface area contributed by atoms with Crippen LogP contribution in [0.15, 0.2) is 71.6 Å². The lowest BCUT2D eigenvalue weighted by molar-refractivity contribution is 0.0998. The Morgan fingerprint density at radius 1 is 0.970 bits per heavy atom. The number of amides is 2. The molecule has 1 aliphatic rings. The van der Waals surface area contributed by atoms with Crippen LogP contribution in [0.2, 0.25) is 10.0 Å². The van der Waals surface area contributed by atoms with Crippen molar-refractivity contribution in [1.29, 1.82) is 0 Å². The molecule has 0 saturated heterocycles. The maximum Gasteiger partial charge on any atom is 0.339 e. The number of Topliss-reactive ketones (excluding diaryl/α,β-unsaturated/α-hetero) is 1. The second kappa shape index (κ2) is 9.05. The van der Waals surface area contributed by atoms with E-state index in [1.807, 2.05) is 0 Å². The molecule has 1 heterocycles. The third-order valence-electron chi connectivity index (χ3n) is 5.20. The molecular formula is C23H18Cl2N2O5S. The molecule has 33 heavy (non-hydrogen) atoms. The zero-order valence-corrected chi connectivity index (χ0v) is 19.7. The molecule has 3 aromatic carbocycles. The molecule has 0 unspecified atom stereocenters. The van der Waals surface area contributed by atoms with Crippen molar-refractivity contribution >= 4 is 50.7 Å². The van der Waals surface area contributed by atoms with Gasteiger partial charge in [0.1, 0.15) is 10.6 Å². The summed E-state index contributed by atoms with van der Waals surface area (Å²) >= 11 is 11.9. The van der Waals surface area contributed by atoms with E-state index in [0.717, 1.165) is 9.21 Å². The lowest BCUT2D eigenvalue weighted by atomic mass is 10.1. The van der Waals surface area contributed by atoms with Gasteiger partial charge in [-0.15, -0.1) is 0 Å². The van der Waals surface area contributed by atoms with Gasteiger partial charge in [0, 0.05) is 5.56 Å². The summed E-state index contributed by atoms with van der Waals surface area (Å²) in [5.41, 5.74) is 0.981. The van der Waals surface area contributed by atoms with Crippen molar-refractivity contribution in [3.8, 4) is 5.75 Å². The van der Waals surface area contributed by atoms with E-state index >= 15 is 0 Å². The molecule has 1 aliphatic heterocycles. The smallest absolute Gasteiger partial charge is 0.339 e. The third-order valence-corrected chi connectivity index (χ3v) is 7.70. The molecule has 0 saturated carbocycles. The molecule has 0 bridgehead atoms. The fourth-order valence-corrected chi connectivity index (χ4v) is 5.32. The number of sulfonamides is 1. The van der Waals surface area contributed by atoms with Crippen molar-refractivity contribution in [2.24, 2.45) is 0 Å². The number of rotatable bonds is 6. The topological polar surface area (TPSA) is 84.0 Å². The Labute approximate surface area is 201 Å². The average Bonchev–Trinajstić information content (AvgIpc) is 2.81. The van der Waals surface area contributed by atoms with E-state index in [1.54, 1.807) is 36.4 Å². The van der Waals surface area contributed by atoms with Gasteiger partial charge in [-0.25, -0.2) is 17.5 Å². The van der Waals surface area contributed by atoms with E-state index in [9.17, 15) is 18.0 Å². The van der Waals surface area contributed by atoms with Crippen molar-refractivity contribution < 1.29 is 22.7 Å². The minimum atomic E-state index is -4.13. The van der Waals surface area contributed by atoms with E-state index in [0.29, 0.717) is 16.3 Å². The number of ketones is 1. The van der Waals surface area contributed by atoms with Gasteiger partial charge in [-0.05, 0) is 48.0 Å². The molecule has 0 atom stereocenters. The Morgan fingerprint density at radius 2 is 1.67 bits per heavy atom. The molecule has 3 aromatic rings. The highest BCUT2D eigenvalue weighted by Gasteiger charge is 2.42. The minimum Gasteiger partial charge on any atom is -0.497 e. The molecular weight excluding hydrogens is 487 g/mol. The van der Waals surface area contributed by atoms with Crippen molar-refractivity contribution in [3.05, 3.63) is 87.9 Å². The Kier molecular flexibility index (Phi) is 6.34. The van der Waals surface area contributed by atoms with Gasteiger partial charge < -0.3 is 4.74 Å². The number of ether oxygens (including phenoxy) is 1. The Morgan fingerprint density at radius 3 is 2.33 bits per heavy atom. The number of anilines is 1. The fourth-order valence-electron chi connectivity index (χ4n) is 3.46. The molecule has 170 valence electrons. The van der Waals surface area contributed by atoms with Crippen molar-refractivity contribution in [3.63, 3.8) is 0 Å². The maximum absolute atomic E-state index is 13.4. The zero-order chi connectivity index (χ0) is 23.8. The number of halogens is 2. The number of carbonyl (C=O) groups is 2. The second-order valence-corrected chi connectivity index (χ2v) is 9.89. The molecule has 0 N–H and O–H groups in total. The van der Waals surface area contributed by atoms with E-state index in [-0.39, 0.29) is 34.3 Å². The molecule has 0 aliphatic carbocycles. The number of methoxy groups -OCH3 is 1. The molecule has 0 fully saturated rings. The monoisotopic (exact) mass is 504 g/mol. The molecule has 0 aromatic heterocycles. The number of fused-ring (bicyclic) bond motifs is 1. The highest BCUT2D eigenvalue weighted by molar-refractivity contribution is 7.90. The van der Waals surface area contributed by atoms with Gasteiger partial charge in [0.05, 0.1) is 35.9 Å². The summed E-state index contributed by atoms with van der Waals surface area (Å²) in [6.07, 6.45) is 0. The summed E-state index contributed by atoms with van der Waals surface area (Å²) in [5, 5.41) is 0.501. The van der Waals surface area contributed by atoms with Gasteiger partial charge in [0.2, 0.25) is 0 Å². The van der Waals surface area contributed by atoms with Crippen LogP contribution in [0.3, 0.4) is 0 Å². The number of para-hydroxylation sites is 1. The first-order chi connectivity index (χ1) is 15.7. The van der Waals surface area contributed by atoms with Gasteiger partial charge >= 0.3 is 6.03 Å². The lowest BCUT2D eigenvalue weighted by Gasteiger charge is -2.36. The summed E-state index contributed by atoms with van der Waals surface area (Å²) in [7, 11) is -2.61. The fraction of sp³-hybridized carbons (Fsp3) is 0.130. The minimum absolute atomic E-state index is 0.0555. The quantitative estimate of drug-likeness (QED) is 0.440. The first-order valence-corrected chi connectivity index (χ1v) is 12.0. The largest absolute Gasteiger partial charge is 0.497 e. The molecule has 10 heteroatoms. The summed E-state index contributed by atoms with van der Waals surface area (Å²) in [6.45, 7) is -0.570. The normalized spacial score (nSPS) is 14.7. The molecule has 4 rings (SSSR count). The average molecular weight is 505 g/mol. The van der Waals surface area contributed by atoms with Gasteiger partial charge in [-0.3, -0.25) is 9.69 Å². The zero-order valence-electron chi connectivity index (χ0n) is 17.4. The first kappa shape index (κ1) is 23.1. The van der Waals surface area contributed by atoms with Crippen LogP contribution in [-0.4, -0.2) is 38.2 Å². The van der Waals surface area contributed by atoms with Crippen LogP contribution in [-0.2, 0) is 16.6 Å². The predicted octanol–water partition coefficient (Wildman–Crippen LogP) is 5.02. The van der Waals surface area contributed by atoms with E-state index < -0.39 is 21.8 Å².